The molecule has 1 heterocycles. The first-order valence-corrected chi connectivity index (χ1v) is 7.47. The summed E-state index contributed by atoms with van der Waals surface area (Å²) in [6.45, 7) is 5.61. The molecule has 0 aromatic carbocycles. The minimum absolute atomic E-state index is 0.411. The molecule has 1 unspecified atom stereocenters. The smallest absolute Gasteiger partial charge is 0.185 e. The van der Waals surface area contributed by atoms with Crippen LogP contribution in [0.15, 0.2) is 6.20 Å². The van der Waals surface area contributed by atoms with Crippen molar-refractivity contribution < 1.29 is 0 Å². The monoisotopic (exact) mass is 253 g/mol. The average Bonchev–Trinajstić information content (AvgIpc) is 3.06. The van der Waals surface area contributed by atoms with E-state index < -0.39 is 0 Å². The first-order valence-electron chi connectivity index (χ1n) is 6.66. The topological polar surface area (TPSA) is 28.2 Å². The summed E-state index contributed by atoms with van der Waals surface area (Å²) in [6, 6.07) is 1.18. The van der Waals surface area contributed by atoms with Crippen LogP contribution < -0.4 is 10.2 Å². The van der Waals surface area contributed by atoms with Crippen LogP contribution in [-0.4, -0.2) is 24.6 Å². The van der Waals surface area contributed by atoms with E-state index in [-0.39, 0.29) is 0 Å². The van der Waals surface area contributed by atoms with Crippen LogP contribution in [0.25, 0.3) is 0 Å². The van der Waals surface area contributed by atoms with E-state index in [2.05, 4.69) is 29.0 Å². The van der Waals surface area contributed by atoms with Crippen LogP contribution in [0.2, 0.25) is 0 Å². The van der Waals surface area contributed by atoms with Gasteiger partial charge in [0.1, 0.15) is 0 Å². The molecule has 1 N–H and O–H groups in total. The Morgan fingerprint density at radius 2 is 2.35 bits per heavy atom. The molecule has 1 aliphatic rings. The normalized spacial score (nSPS) is 17.1. The van der Waals surface area contributed by atoms with E-state index in [9.17, 15) is 0 Å². The number of nitrogens with zero attached hydrogens (tertiary/aromatic N) is 2. The molecule has 4 heteroatoms. The molecule has 0 amide bonds. The summed E-state index contributed by atoms with van der Waals surface area (Å²) < 4.78 is 0. The molecule has 0 saturated heterocycles. The lowest BCUT2D eigenvalue weighted by Crippen LogP contribution is -2.26. The largest absolute Gasteiger partial charge is 0.345 e. The van der Waals surface area contributed by atoms with Crippen molar-refractivity contribution in [3.63, 3.8) is 0 Å². The molecule has 1 aromatic rings. The Morgan fingerprint density at radius 1 is 1.59 bits per heavy atom. The van der Waals surface area contributed by atoms with Crippen LogP contribution in [0.5, 0.6) is 0 Å². The molecular formula is C13H23N3S. The zero-order valence-electron chi connectivity index (χ0n) is 11.1. The van der Waals surface area contributed by atoms with E-state index in [1.807, 2.05) is 24.6 Å². The molecule has 1 fully saturated rings. The lowest BCUT2D eigenvalue weighted by atomic mass is 10.3. The summed E-state index contributed by atoms with van der Waals surface area (Å²) in [6.07, 6.45) is 7.25. The lowest BCUT2D eigenvalue weighted by Gasteiger charge is -2.21. The van der Waals surface area contributed by atoms with Crippen LogP contribution >= 0.6 is 11.3 Å². The molecule has 2 rings (SSSR count). The molecular weight excluding hydrogens is 230 g/mol. The van der Waals surface area contributed by atoms with Gasteiger partial charge in [0.05, 0.1) is 0 Å². The number of hydrogen-bond donors (Lipinski definition) is 1. The van der Waals surface area contributed by atoms with Crippen molar-refractivity contribution in [2.24, 2.45) is 0 Å². The Kier molecular flexibility index (Phi) is 4.40. The summed E-state index contributed by atoms with van der Waals surface area (Å²) in [5, 5.41) is 4.49. The van der Waals surface area contributed by atoms with Crippen LogP contribution in [0.4, 0.5) is 5.13 Å². The van der Waals surface area contributed by atoms with Crippen molar-refractivity contribution in [1.29, 1.82) is 0 Å². The third-order valence-electron chi connectivity index (χ3n) is 3.36. The number of hydrogen-bond acceptors (Lipinski definition) is 4. The fourth-order valence-corrected chi connectivity index (χ4v) is 2.98. The van der Waals surface area contributed by atoms with Crippen molar-refractivity contribution in [2.75, 3.05) is 18.5 Å². The van der Waals surface area contributed by atoms with Crippen molar-refractivity contribution >= 4 is 16.5 Å². The summed E-state index contributed by atoms with van der Waals surface area (Å²) in [7, 11) is 2.00. The maximum absolute atomic E-state index is 4.60. The van der Waals surface area contributed by atoms with E-state index in [1.54, 1.807) is 0 Å². The predicted octanol–water partition coefficient (Wildman–Crippen LogP) is 3.19. The zero-order chi connectivity index (χ0) is 12.3. The average molecular weight is 253 g/mol. The second-order valence-corrected chi connectivity index (χ2v) is 5.87. The third-order valence-corrected chi connectivity index (χ3v) is 4.57. The maximum Gasteiger partial charge on any atom is 0.185 e. The first kappa shape index (κ1) is 12.8. The van der Waals surface area contributed by atoms with Crippen molar-refractivity contribution in [1.82, 2.24) is 10.3 Å². The molecule has 1 saturated carbocycles. The number of anilines is 1. The summed E-state index contributed by atoms with van der Waals surface area (Å²) >= 11 is 1.84. The van der Waals surface area contributed by atoms with E-state index in [4.69, 9.17) is 0 Å². The van der Waals surface area contributed by atoms with E-state index in [1.165, 1.54) is 42.2 Å². The van der Waals surface area contributed by atoms with Gasteiger partial charge in [-0.1, -0.05) is 13.3 Å². The standard InChI is InChI=1S/C13H23N3S/c1-4-5-8-16(11-6-7-11)13-15-9-12(17-13)10(2)14-3/h9-11,14H,4-8H2,1-3H3. The van der Waals surface area contributed by atoms with Gasteiger partial charge in [0.25, 0.3) is 0 Å². The van der Waals surface area contributed by atoms with E-state index in [0.29, 0.717) is 6.04 Å². The van der Waals surface area contributed by atoms with E-state index >= 15 is 0 Å². The van der Waals surface area contributed by atoms with Gasteiger partial charge < -0.3 is 10.2 Å². The number of unbranched alkanes of at least 4 members (excludes halogenated alkanes) is 1. The van der Waals surface area contributed by atoms with Crippen LogP contribution in [0.3, 0.4) is 0 Å². The number of rotatable bonds is 7. The fourth-order valence-electron chi connectivity index (χ4n) is 1.90. The molecule has 0 radical (unpaired) electrons. The number of thiazole rings is 1. The predicted molar refractivity (Wildman–Crippen MR) is 74.9 cm³/mol. The highest BCUT2D eigenvalue weighted by atomic mass is 32.1. The number of aromatic nitrogens is 1. The van der Waals surface area contributed by atoms with Crippen molar-refractivity contribution in [3.8, 4) is 0 Å². The summed E-state index contributed by atoms with van der Waals surface area (Å²) in [5.41, 5.74) is 0. The molecule has 1 aliphatic carbocycles. The van der Waals surface area contributed by atoms with Gasteiger partial charge in [0.2, 0.25) is 0 Å². The Bertz CT molecular complexity index is 346. The van der Waals surface area contributed by atoms with Crippen LogP contribution in [0.1, 0.15) is 50.4 Å². The summed E-state index contributed by atoms with van der Waals surface area (Å²) in [4.78, 5) is 8.46. The highest BCUT2D eigenvalue weighted by Crippen LogP contribution is 2.35. The fraction of sp³-hybridized carbons (Fsp3) is 0.769. The van der Waals surface area contributed by atoms with Gasteiger partial charge in [-0.05, 0) is 33.2 Å². The van der Waals surface area contributed by atoms with Gasteiger partial charge in [-0.25, -0.2) is 4.98 Å². The Morgan fingerprint density at radius 3 is 2.94 bits per heavy atom. The molecule has 0 aliphatic heterocycles. The molecule has 17 heavy (non-hydrogen) atoms. The van der Waals surface area contributed by atoms with Gasteiger partial charge in [-0.3, -0.25) is 0 Å². The third kappa shape index (κ3) is 3.19. The summed E-state index contributed by atoms with van der Waals surface area (Å²) in [5.74, 6) is 0. The van der Waals surface area contributed by atoms with Crippen molar-refractivity contribution in [2.45, 2.75) is 51.6 Å². The molecule has 1 aromatic heterocycles. The highest BCUT2D eigenvalue weighted by molar-refractivity contribution is 7.15. The second kappa shape index (κ2) is 5.83. The van der Waals surface area contributed by atoms with E-state index in [0.717, 1.165) is 6.04 Å². The molecule has 0 spiro atoms. The molecule has 96 valence electrons. The minimum atomic E-state index is 0.411. The van der Waals surface area contributed by atoms with Gasteiger partial charge >= 0.3 is 0 Å². The molecule has 1 atom stereocenters. The van der Waals surface area contributed by atoms with Crippen molar-refractivity contribution in [3.05, 3.63) is 11.1 Å². The maximum atomic E-state index is 4.60. The highest BCUT2D eigenvalue weighted by Gasteiger charge is 2.30. The second-order valence-electron chi connectivity index (χ2n) is 4.83. The van der Waals surface area contributed by atoms with Gasteiger partial charge in [-0.2, -0.15) is 0 Å². The minimum Gasteiger partial charge on any atom is -0.345 e. The van der Waals surface area contributed by atoms with Crippen LogP contribution in [-0.2, 0) is 0 Å². The van der Waals surface area contributed by atoms with Crippen LogP contribution in [0, 0.1) is 0 Å². The van der Waals surface area contributed by atoms with Gasteiger partial charge in [0, 0.05) is 29.7 Å². The van der Waals surface area contributed by atoms with Gasteiger partial charge in [0.15, 0.2) is 5.13 Å². The van der Waals surface area contributed by atoms with Gasteiger partial charge in [-0.15, -0.1) is 11.3 Å². The SMILES string of the molecule is CCCCN(c1ncc(C(C)NC)s1)C1CC1. The first-order chi connectivity index (χ1) is 8.26. The Hall–Kier alpha value is -0.610. The molecule has 3 nitrogen and oxygen atoms in total. The quantitative estimate of drug-likeness (QED) is 0.809. The molecule has 0 bridgehead atoms. The zero-order valence-corrected chi connectivity index (χ0v) is 11.9. The lowest BCUT2D eigenvalue weighted by molar-refractivity contribution is 0.662. The Labute approximate surface area is 108 Å². The number of nitrogens with one attached hydrogen (secondary N) is 1. The Balaban J connectivity index is 2.04.